The van der Waals surface area contributed by atoms with Crippen LogP contribution in [0.1, 0.15) is 17.3 Å². The Morgan fingerprint density at radius 2 is 1.88 bits per heavy atom. The van der Waals surface area contributed by atoms with E-state index in [2.05, 4.69) is 10.6 Å². The van der Waals surface area contributed by atoms with Crippen molar-refractivity contribution in [3.05, 3.63) is 54.1 Å². The predicted molar refractivity (Wildman–Crippen MR) is 92.5 cm³/mol. The summed E-state index contributed by atoms with van der Waals surface area (Å²) in [7, 11) is 1.58. The smallest absolute Gasteiger partial charge is 0.340 e. The van der Waals surface area contributed by atoms with Gasteiger partial charge in [-0.25, -0.2) is 4.79 Å². The zero-order valence-electron chi connectivity index (χ0n) is 13.7. The molecule has 6 nitrogen and oxygen atoms in total. The van der Waals surface area contributed by atoms with Crippen LogP contribution in [-0.2, 0) is 9.53 Å². The number of hydrogen-bond acceptors (Lipinski definition) is 5. The molecule has 0 atom stereocenters. The van der Waals surface area contributed by atoms with Crippen LogP contribution in [0.15, 0.2) is 48.5 Å². The summed E-state index contributed by atoms with van der Waals surface area (Å²) in [5.74, 6) is -0.0308. The molecule has 0 saturated carbocycles. The first-order chi connectivity index (χ1) is 11.6. The van der Waals surface area contributed by atoms with Crippen molar-refractivity contribution in [3.8, 4) is 5.75 Å². The van der Waals surface area contributed by atoms with Crippen LogP contribution in [0.2, 0.25) is 0 Å². The minimum absolute atomic E-state index is 0.0598. The number of amides is 1. The quantitative estimate of drug-likeness (QED) is 0.764. The van der Waals surface area contributed by atoms with E-state index in [-0.39, 0.29) is 19.1 Å². The number of methoxy groups -OCH3 is 1. The van der Waals surface area contributed by atoms with Gasteiger partial charge in [-0.2, -0.15) is 0 Å². The fraction of sp³-hybridized carbons (Fsp3) is 0.222. The SMILES string of the molecule is CCOC(=O)c1ccccc1NC(=O)CNc1cccc(OC)c1. The maximum absolute atomic E-state index is 12.1. The number of benzene rings is 2. The lowest BCUT2D eigenvalue weighted by atomic mass is 10.2. The topological polar surface area (TPSA) is 76.7 Å². The molecule has 2 aromatic rings. The van der Waals surface area contributed by atoms with Gasteiger partial charge in [0.15, 0.2) is 0 Å². The lowest BCUT2D eigenvalue weighted by molar-refractivity contribution is -0.114. The third kappa shape index (κ3) is 4.74. The number of rotatable bonds is 7. The maximum Gasteiger partial charge on any atom is 0.340 e. The van der Waals surface area contributed by atoms with Crippen molar-refractivity contribution in [2.45, 2.75) is 6.92 Å². The third-order valence-corrected chi connectivity index (χ3v) is 3.22. The molecular formula is C18H20N2O4. The Labute approximate surface area is 140 Å². The highest BCUT2D eigenvalue weighted by molar-refractivity contribution is 6.02. The van der Waals surface area contributed by atoms with Crippen molar-refractivity contribution < 1.29 is 19.1 Å². The molecule has 0 bridgehead atoms. The van der Waals surface area contributed by atoms with Gasteiger partial charge in [0.05, 0.1) is 31.5 Å². The van der Waals surface area contributed by atoms with Gasteiger partial charge in [0.25, 0.3) is 0 Å². The number of esters is 1. The summed E-state index contributed by atoms with van der Waals surface area (Å²) in [6.45, 7) is 2.07. The van der Waals surface area contributed by atoms with E-state index in [1.807, 2.05) is 18.2 Å². The molecule has 1 amide bonds. The van der Waals surface area contributed by atoms with Crippen molar-refractivity contribution in [3.63, 3.8) is 0 Å². The largest absolute Gasteiger partial charge is 0.497 e. The average molecular weight is 328 g/mol. The van der Waals surface area contributed by atoms with Crippen molar-refractivity contribution >= 4 is 23.3 Å². The van der Waals surface area contributed by atoms with Crippen LogP contribution in [0, 0.1) is 0 Å². The average Bonchev–Trinajstić information content (AvgIpc) is 2.61. The van der Waals surface area contributed by atoms with E-state index < -0.39 is 5.97 Å². The highest BCUT2D eigenvalue weighted by Crippen LogP contribution is 2.18. The molecule has 6 heteroatoms. The molecule has 0 saturated heterocycles. The van der Waals surface area contributed by atoms with E-state index in [1.54, 1.807) is 44.4 Å². The van der Waals surface area contributed by atoms with Gasteiger partial charge in [-0.1, -0.05) is 18.2 Å². The van der Waals surface area contributed by atoms with E-state index in [0.717, 1.165) is 5.69 Å². The van der Waals surface area contributed by atoms with Crippen LogP contribution in [0.25, 0.3) is 0 Å². The van der Waals surface area contributed by atoms with Gasteiger partial charge in [-0.3, -0.25) is 4.79 Å². The van der Waals surface area contributed by atoms with Crippen molar-refractivity contribution in [1.29, 1.82) is 0 Å². The van der Waals surface area contributed by atoms with Gasteiger partial charge in [0, 0.05) is 11.8 Å². The third-order valence-electron chi connectivity index (χ3n) is 3.22. The molecule has 0 fully saturated rings. The van der Waals surface area contributed by atoms with Crippen molar-refractivity contribution in [2.24, 2.45) is 0 Å². The van der Waals surface area contributed by atoms with E-state index >= 15 is 0 Å². The maximum atomic E-state index is 12.1. The Kier molecular flexibility index (Phi) is 6.19. The summed E-state index contributed by atoms with van der Waals surface area (Å²) in [5.41, 5.74) is 1.52. The van der Waals surface area contributed by atoms with Crippen LogP contribution >= 0.6 is 0 Å². The zero-order chi connectivity index (χ0) is 17.4. The Bertz CT molecular complexity index is 716. The number of ether oxygens (including phenoxy) is 2. The summed E-state index contributed by atoms with van der Waals surface area (Å²) < 4.78 is 10.1. The van der Waals surface area contributed by atoms with Crippen LogP contribution in [0.5, 0.6) is 5.75 Å². The molecule has 0 spiro atoms. The highest BCUT2D eigenvalue weighted by Gasteiger charge is 2.13. The number of carbonyl (C=O) groups is 2. The lowest BCUT2D eigenvalue weighted by Crippen LogP contribution is -2.23. The normalized spacial score (nSPS) is 9.92. The van der Waals surface area contributed by atoms with Gasteiger partial charge < -0.3 is 20.1 Å². The number of hydrogen-bond donors (Lipinski definition) is 2. The molecule has 0 aliphatic heterocycles. The van der Waals surface area contributed by atoms with Crippen LogP contribution < -0.4 is 15.4 Å². The first-order valence-electron chi connectivity index (χ1n) is 7.58. The lowest BCUT2D eigenvalue weighted by Gasteiger charge is -2.11. The second-order valence-corrected chi connectivity index (χ2v) is 4.90. The zero-order valence-corrected chi connectivity index (χ0v) is 13.7. The number of nitrogens with one attached hydrogen (secondary N) is 2. The Morgan fingerprint density at radius 1 is 1.08 bits per heavy atom. The molecule has 0 heterocycles. The van der Waals surface area contributed by atoms with Gasteiger partial charge in [0.1, 0.15) is 5.75 Å². The molecule has 24 heavy (non-hydrogen) atoms. The Morgan fingerprint density at radius 3 is 2.62 bits per heavy atom. The molecule has 0 aliphatic rings. The number of carbonyl (C=O) groups excluding carboxylic acids is 2. The van der Waals surface area contributed by atoms with Gasteiger partial charge in [-0.05, 0) is 31.2 Å². The monoisotopic (exact) mass is 328 g/mol. The van der Waals surface area contributed by atoms with E-state index in [1.165, 1.54) is 0 Å². The van der Waals surface area contributed by atoms with Crippen LogP contribution in [-0.4, -0.2) is 32.1 Å². The minimum atomic E-state index is -0.464. The minimum Gasteiger partial charge on any atom is -0.497 e. The van der Waals surface area contributed by atoms with Crippen molar-refractivity contribution in [1.82, 2.24) is 0 Å². The standard InChI is InChI=1S/C18H20N2O4/c1-3-24-18(22)15-9-4-5-10-16(15)20-17(21)12-19-13-7-6-8-14(11-13)23-2/h4-11,19H,3,12H2,1-2H3,(H,20,21). The molecule has 0 aromatic heterocycles. The van der Waals surface area contributed by atoms with Gasteiger partial charge >= 0.3 is 5.97 Å². The van der Waals surface area contributed by atoms with Crippen LogP contribution in [0.4, 0.5) is 11.4 Å². The van der Waals surface area contributed by atoms with E-state index in [9.17, 15) is 9.59 Å². The van der Waals surface area contributed by atoms with E-state index in [4.69, 9.17) is 9.47 Å². The van der Waals surface area contributed by atoms with Crippen LogP contribution in [0.3, 0.4) is 0 Å². The van der Waals surface area contributed by atoms with Crippen molar-refractivity contribution in [2.75, 3.05) is 30.9 Å². The molecule has 0 unspecified atom stereocenters. The second kappa shape index (κ2) is 8.57. The summed E-state index contributed by atoms with van der Waals surface area (Å²) in [6, 6.07) is 14.0. The van der Waals surface area contributed by atoms with E-state index in [0.29, 0.717) is 17.0 Å². The second-order valence-electron chi connectivity index (χ2n) is 4.90. The Hall–Kier alpha value is -3.02. The molecule has 126 valence electrons. The van der Waals surface area contributed by atoms with Gasteiger partial charge in [-0.15, -0.1) is 0 Å². The molecule has 2 rings (SSSR count). The summed E-state index contributed by atoms with van der Waals surface area (Å²) >= 11 is 0. The predicted octanol–water partition coefficient (Wildman–Crippen LogP) is 2.92. The summed E-state index contributed by atoms with van der Waals surface area (Å²) in [6.07, 6.45) is 0. The Balaban J connectivity index is 1.98. The summed E-state index contributed by atoms with van der Waals surface area (Å²) in [5, 5.41) is 5.72. The molecule has 0 aliphatic carbocycles. The first-order valence-corrected chi connectivity index (χ1v) is 7.58. The fourth-order valence-electron chi connectivity index (χ4n) is 2.09. The molecule has 0 radical (unpaired) electrons. The van der Waals surface area contributed by atoms with Gasteiger partial charge in [0.2, 0.25) is 5.91 Å². The molecular weight excluding hydrogens is 308 g/mol. The number of para-hydroxylation sites is 1. The fourth-order valence-corrected chi connectivity index (χ4v) is 2.09. The molecule has 2 N–H and O–H groups in total. The number of anilines is 2. The first kappa shape index (κ1) is 17.3. The molecule has 2 aromatic carbocycles. The highest BCUT2D eigenvalue weighted by atomic mass is 16.5. The summed E-state index contributed by atoms with van der Waals surface area (Å²) in [4.78, 5) is 24.0.